The van der Waals surface area contributed by atoms with Crippen molar-refractivity contribution in [2.45, 2.75) is 19.8 Å². The van der Waals surface area contributed by atoms with E-state index in [1.165, 1.54) is 0 Å². The molecule has 1 N–H and O–H groups in total. The lowest BCUT2D eigenvalue weighted by atomic mass is 10.3. The summed E-state index contributed by atoms with van der Waals surface area (Å²) in [7, 11) is 0. The van der Waals surface area contributed by atoms with Crippen LogP contribution in [0.5, 0.6) is 0 Å². The predicted molar refractivity (Wildman–Crippen MR) is 77.0 cm³/mol. The molecular weight excluding hydrogens is 254 g/mol. The highest BCUT2D eigenvalue weighted by molar-refractivity contribution is 5.92. The summed E-state index contributed by atoms with van der Waals surface area (Å²) in [6.07, 6.45) is 2.20. The number of anilines is 1. The van der Waals surface area contributed by atoms with Crippen molar-refractivity contribution in [3.05, 3.63) is 17.5 Å². The molecule has 0 spiro atoms. The van der Waals surface area contributed by atoms with Gasteiger partial charge in [-0.25, -0.2) is 9.97 Å². The highest BCUT2D eigenvalue weighted by atomic mass is 16.2. The number of piperazine rings is 1. The normalized spacial score (nSPS) is 19.4. The highest BCUT2D eigenvalue weighted by Gasteiger charge is 2.22. The van der Waals surface area contributed by atoms with E-state index in [1.807, 2.05) is 11.8 Å². The highest BCUT2D eigenvalue weighted by Crippen LogP contribution is 2.15. The Morgan fingerprint density at radius 2 is 1.85 bits per heavy atom. The third kappa shape index (κ3) is 2.75. The molecule has 0 bridgehead atoms. The Hall–Kier alpha value is -1.69. The van der Waals surface area contributed by atoms with Gasteiger partial charge in [-0.05, 0) is 25.8 Å². The zero-order valence-corrected chi connectivity index (χ0v) is 11.9. The van der Waals surface area contributed by atoms with Crippen LogP contribution in [-0.2, 0) is 0 Å². The quantitative estimate of drug-likeness (QED) is 0.848. The summed E-state index contributed by atoms with van der Waals surface area (Å²) in [4.78, 5) is 25.5. The summed E-state index contributed by atoms with van der Waals surface area (Å²) in [5.74, 6) is 0.735. The molecule has 1 amide bonds. The number of aromatic nitrogens is 2. The van der Waals surface area contributed by atoms with Gasteiger partial charge in [0.2, 0.25) is 5.95 Å². The molecule has 2 aliphatic rings. The summed E-state index contributed by atoms with van der Waals surface area (Å²) in [6, 6.07) is 1.80. The summed E-state index contributed by atoms with van der Waals surface area (Å²) in [5.41, 5.74) is 1.39. The van der Waals surface area contributed by atoms with Crippen molar-refractivity contribution in [2.24, 2.45) is 0 Å². The lowest BCUT2D eigenvalue weighted by Crippen LogP contribution is -2.44. The number of hydrogen-bond acceptors (Lipinski definition) is 5. The molecule has 1 aromatic heterocycles. The molecule has 1 aromatic rings. The van der Waals surface area contributed by atoms with Gasteiger partial charge >= 0.3 is 0 Å². The summed E-state index contributed by atoms with van der Waals surface area (Å²) in [5, 5.41) is 3.31. The second-order valence-electron chi connectivity index (χ2n) is 5.43. The molecule has 0 saturated carbocycles. The number of aryl methyl sites for hydroxylation is 1. The minimum absolute atomic E-state index is 0.0457. The Balaban J connectivity index is 1.83. The molecule has 2 fully saturated rings. The standard InChI is InChI=1S/C14H21N5O/c1-11-10-12(13(20)18-6-2-3-7-18)17-14(16-11)19-8-4-15-5-9-19/h10,15H,2-9H2,1H3. The molecule has 6 nitrogen and oxygen atoms in total. The first-order valence-electron chi connectivity index (χ1n) is 7.35. The van der Waals surface area contributed by atoms with Gasteiger partial charge in [0, 0.05) is 45.0 Å². The van der Waals surface area contributed by atoms with Crippen LogP contribution in [0.1, 0.15) is 29.0 Å². The first-order chi connectivity index (χ1) is 9.74. The molecule has 3 rings (SSSR count). The maximum atomic E-state index is 12.4. The van der Waals surface area contributed by atoms with Gasteiger partial charge < -0.3 is 15.1 Å². The van der Waals surface area contributed by atoms with Crippen LogP contribution in [0.3, 0.4) is 0 Å². The number of rotatable bonds is 2. The van der Waals surface area contributed by atoms with E-state index in [0.29, 0.717) is 11.6 Å². The van der Waals surface area contributed by atoms with E-state index >= 15 is 0 Å². The molecule has 0 radical (unpaired) electrons. The molecule has 0 aromatic carbocycles. The van der Waals surface area contributed by atoms with Gasteiger partial charge in [0.15, 0.2) is 0 Å². The van der Waals surface area contributed by atoms with Crippen LogP contribution in [0.25, 0.3) is 0 Å². The van der Waals surface area contributed by atoms with E-state index in [1.54, 1.807) is 6.07 Å². The maximum absolute atomic E-state index is 12.4. The van der Waals surface area contributed by atoms with E-state index in [9.17, 15) is 4.79 Å². The smallest absolute Gasteiger partial charge is 0.272 e. The minimum Gasteiger partial charge on any atom is -0.338 e. The van der Waals surface area contributed by atoms with Crippen LogP contribution in [0.15, 0.2) is 6.07 Å². The fourth-order valence-corrected chi connectivity index (χ4v) is 2.75. The number of likely N-dealkylation sites (tertiary alicyclic amines) is 1. The Bertz CT molecular complexity index is 492. The Kier molecular flexibility index (Phi) is 3.82. The fraction of sp³-hybridized carbons (Fsp3) is 0.643. The summed E-state index contributed by atoms with van der Waals surface area (Å²) in [6.45, 7) is 7.28. The molecule has 0 atom stereocenters. The first kappa shape index (κ1) is 13.3. The minimum atomic E-state index is 0.0457. The summed E-state index contributed by atoms with van der Waals surface area (Å²) >= 11 is 0. The SMILES string of the molecule is Cc1cc(C(=O)N2CCCC2)nc(N2CCNCC2)n1. The molecule has 2 saturated heterocycles. The zero-order valence-electron chi connectivity index (χ0n) is 11.9. The van der Waals surface area contributed by atoms with Crippen molar-refractivity contribution < 1.29 is 4.79 Å². The molecule has 20 heavy (non-hydrogen) atoms. The summed E-state index contributed by atoms with van der Waals surface area (Å²) < 4.78 is 0. The molecule has 0 aliphatic carbocycles. The van der Waals surface area contributed by atoms with Gasteiger partial charge in [0.25, 0.3) is 5.91 Å². The fourth-order valence-electron chi connectivity index (χ4n) is 2.75. The number of carbonyl (C=O) groups excluding carboxylic acids is 1. The Morgan fingerprint density at radius 3 is 2.55 bits per heavy atom. The average Bonchev–Trinajstić information content (AvgIpc) is 3.01. The lowest BCUT2D eigenvalue weighted by molar-refractivity contribution is 0.0787. The van der Waals surface area contributed by atoms with Crippen LogP contribution in [0, 0.1) is 6.92 Å². The first-order valence-corrected chi connectivity index (χ1v) is 7.35. The average molecular weight is 275 g/mol. The van der Waals surface area contributed by atoms with E-state index in [-0.39, 0.29) is 5.91 Å². The second kappa shape index (κ2) is 5.75. The second-order valence-corrected chi connectivity index (χ2v) is 5.43. The Morgan fingerprint density at radius 1 is 1.15 bits per heavy atom. The molecule has 2 aliphatic heterocycles. The van der Waals surface area contributed by atoms with E-state index in [4.69, 9.17) is 0 Å². The van der Waals surface area contributed by atoms with Crippen LogP contribution in [0.2, 0.25) is 0 Å². The number of nitrogens with one attached hydrogen (secondary N) is 1. The van der Waals surface area contributed by atoms with Gasteiger partial charge in [-0.15, -0.1) is 0 Å². The van der Waals surface area contributed by atoms with E-state index < -0.39 is 0 Å². The number of hydrogen-bond donors (Lipinski definition) is 1. The van der Waals surface area contributed by atoms with Crippen LogP contribution in [0.4, 0.5) is 5.95 Å². The van der Waals surface area contributed by atoms with Crippen LogP contribution < -0.4 is 10.2 Å². The topological polar surface area (TPSA) is 61.4 Å². The molecule has 108 valence electrons. The van der Waals surface area contributed by atoms with E-state index in [2.05, 4.69) is 20.2 Å². The zero-order chi connectivity index (χ0) is 13.9. The van der Waals surface area contributed by atoms with Gasteiger partial charge in [0.05, 0.1) is 0 Å². The number of carbonyl (C=O) groups is 1. The Labute approximate surface area is 119 Å². The molecule has 6 heteroatoms. The van der Waals surface area contributed by atoms with Crippen molar-refractivity contribution >= 4 is 11.9 Å². The monoisotopic (exact) mass is 275 g/mol. The van der Waals surface area contributed by atoms with Gasteiger partial charge in [0.1, 0.15) is 5.69 Å². The van der Waals surface area contributed by atoms with Crippen molar-refractivity contribution in [3.8, 4) is 0 Å². The van der Waals surface area contributed by atoms with Crippen LogP contribution in [-0.4, -0.2) is 60.0 Å². The van der Waals surface area contributed by atoms with Crippen molar-refractivity contribution in [1.29, 1.82) is 0 Å². The number of nitrogens with zero attached hydrogens (tertiary/aromatic N) is 4. The molecule has 0 unspecified atom stereocenters. The molecular formula is C14H21N5O. The van der Waals surface area contributed by atoms with Gasteiger partial charge in [-0.3, -0.25) is 4.79 Å². The predicted octanol–water partition coefficient (Wildman–Crippen LogP) is 0.431. The third-order valence-electron chi connectivity index (χ3n) is 3.85. The maximum Gasteiger partial charge on any atom is 0.272 e. The molecule has 3 heterocycles. The van der Waals surface area contributed by atoms with Crippen molar-refractivity contribution in [1.82, 2.24) is 20.2 Å². The van der Waals surface area contributed by atoms with Gasteiger partial charge in [-0.1, -0.05) is 0 Å². The van der Waals surface area contributed by atoms with Crippen molar-refractivity contribution in [3.63, 3.8) is 0 Å². The largest absolute Gasteiger partial charge is 0.338 e. The lowest BCUT2D eigenvalue weighted by Gasteiger charge is -2.28. The number of amides is 1. The van der Waals surface area contributed by atoms with Crippen LogP contribution >= 0.6 is 0 Å². The van der Waals surface area contributed by atoms with E-state index in [0.717, 1.165) is 57.8 Å². The van der Waals surface area contributed by atoms with Gasteiger partial charge in [-0.2, -0.15) is 0 Å². The van der Waals surface area contributed by atoms with Crippen molar-refractivity contribution in [2.75, 3.05) is 44.2 Å². The third-order valence-corrected chi connectivity index (χ3v) is 3.85.